The van der Waals surface area contributed by atoms with E-state index in [4.69, 9.17) is 9.47 Å². The van der Waals surface area contributed by atoms with Crippen molar-refractivity contribution >= 4 is 5.57 Å². The highest BCUT2D eigenvalue weighted by atomic mass is 16.5. The van der Waals surface area contributed by atoms with Gasteiger partial charge in [0.1, 0.15) is 0 Å². The van der Waals surface area contributed by atoms with Gasteiger partial charge in [-0.05, 0) is 69.8 Å². The van der Waals surface area contributed by atoms with Crippen molar-refractivity contribution < 1.29 is 9.47 Å². The van der Waals surface area contributed by atoms with Gasteiger partial charge in [-0.25, -0.2) is 0 Å². The molecule has 0 radical (unpaired) electrons. The van der Waals surface area contributed by atoms with Gasteiger partial charge >= 0.3 is 0 Å². The molecule has 1 aromatic rings. The SMILES string of the molecule is CCOc1ccc(C(C)=CCCNC2CC2)cc1OCC. The first-order valence-electron chi connectivity index (χ1n) is 8.04. The van der Waals surface area contributed by atoms with Crippen LogP contribution in [-0.4, -0.2) is 25.8 Å². The first-order chi connectivity index (χ1) is 10.2. The Morgan fingerprint density at radius 2 is 1.90 bits per heavy atom. The average molecular weight is 289 g/mol. The summed E-state index contributed by atoms with van der Waals surface area (Å²) in [6, 6.07) is 6.97. The lowest BCUT2D eigenvalue weighted by Gasteiger charge is -2.12. The zero-order valence-electron chi connectivity index (χ0n) is 13.4. The van der Waals surface area contributed by atoms with Crippen LogP contribution in [0.5, 0.6) is 11.5 Å². The second-order valence-corrected chi connectivity index (χ2v) is 5.43. The highest BCUT2D eigenvalue weighted by Gasteiger charge is 2.19. The smallest absolute Gasteiger partial charge is 0.161 e. The van der Waals surface area contributed by atoms with E-state index in [1.165, 1.54) is 24.0 Å². The summed E-state index contributed by atoms with van der Waals surface area (Å²) >= 11 is 0. The molecule has 0 aliphatic heterocycles. The van der Waals surface area contributed by atoms with Gasteiger partial charge in [0.05, 0.1) is 13.2 Å². The Hall–Kier alpha value is -1.48. The van der Waals surface area contributed by atoms with Crippen LogP contribution >= 0.6 is 0 Å². The number of benzene rings is 1. The van der Waals surface area contributed by atoms with E-state index in [0.29, 0.717) is 13.2 Å². The molecule has 0 saturated heterocycles. The van der Waals surface area contributed by atoms with Gasteiger partial charge in [0.15, 0.2) is 11.5 Å². The van der Waals surface area contributed by atoms with Gasteiger partial charge < -0.3 is 14.8 Å². The third-order valence-electron chi connectivity index (χ3n) is 3.60. The average Bonchev–Trinajstić information content (AvgIpc) is 3.30. The summed E-state index contributed by atoms with van der Waals surface area (Å²) in [5.41, 5.74) is 2.49. The zero-order valence-corrected chi connectivity index (χ0v) is 13.4. The van der Waals surface area contributed by atoms with Crippen molar-refractivity contribution in [1.29, 1.82) is 0 Å². The van der Waals surface area contributed by atoms with Crippen LogP contribution in [0.2, 0.25) is 0 Å². The number of hydrogen-bond acceptors (Lipinski definition) is 3. The molecular formula is C18H27NO2. The van der Waals surface area contributed by atoms with Crippen LogP contribution in [0.15, 0.2) is 24.3 Å². The van der Waals surface area contributed by atoms with Crippen LogP contribution in [0, 0.1) is 0 Å². The fourth-order valence-corrected chi connectivity index (χ4v) is 2.28. The molecule has 0 spiro atoms. The lowest BCUT2D eigenvalue weighted by Crippen LogP contribution is -2.16. The number of allylic oxidation sites excluding steroid dienone is 1. The lowest BCUT2D eigenvalue weighted by molar-refractivity contribution is 0.287. The van der Waals surface area contributed by atoms with Crippen molar-refractivity contribution in [3.63, 3.8) is 0 Å². The fourth-order valence-electron chi connectivity index (χ4n) is 2.28. The molecule has 1 aliphatic rings. The third kappa shape index (κ3) is 5.09. The summed E-state index contributed by atoms with van der Waals surface area (Å²) in [4.78, 5) is 0. The molecule has 1 aromatic carbocycles. The molecule has 3 heteroatoms. The Morgan fingerprint density at radius 1 is 1.19 bits per heavy atom. The van der Waals surface area contributed by atoms with Crippen LogP contribution in [0.25, 0.3) is 5.57 Å². The molecule has 1 saturated carbocycles. The van der Waals surface area contributed by atoms with Crippen molar-refractivity contribution in [3.05, 3.63) is 29.8 Å². The second-order valence-electron chi connectivity index (χ2n) is 5.43. The Morgan fingerprint density at radius 3 is 2.57 bits per heavy atom. The molecule has 0 aromatic heterocycles. The van der Waals surface area contributed by atoms with E-state index in [0.717, 1.165) is 30.5 Å². The highest BCUT2D eigenvalue weighted by Crippen LogP contribution is 2.31. The van der Waals surface area contributed by atoms with Gasteiger partial charge in [-0.2, -0.15) is 0 Å². The minimum absolute atomic E-state index is 0.650. The minimum Gasteiger partial charge on any atom is -0.490 e. The van der Waals surface area contributed by atoms with E-state index >= 15 is 0 Å². The number of ether oxygens (including phenoxy) is 2. The Kier molecular flexibility index (Phi) is 6.12. The summed E-state index contributed by atoms with van der Waals surface area (Å²) in [5, 5.41) is 3.53. The third-order valence-corrected chi connectivity index (χ3v) is 3.60. The summed E-state index contributed by atoms with van der Waals surface area (Å²) < 4.78 is 11.3. The molecule has 0 bridgehead atoms. The maximum Gasteiger partial charge on any atom is 0.161 e. The first-order valence-corrected chi connectivity index (χ1v) is 8.04. The molecule has 116 valence electrons. The van der Waals surface area contributed by atoms with Crippen LogP contribution in [0.3, 0.4) is 0 Å². The van der Waals surface area contributed by atoms with Crippen molar-refractivity contribution in [3.8, 4) is 11.5 Å². The van der Waals surface area contributed by atoms with Gasteiger partial charge in [0, 0.05) is 6.04 Å². The second kappa shape index (κ2) is 8.08. The van der Waals surface area contributed by atoms with E-state index in [1.807, 2.05) is 19.9 Å². The van der Waals surface area contributed by atoms with Crippen LogP contribution in [-0.2, 0) is 0 Å². The quantitative estimate of drug-likeness (QED) is 0.696. The maximum absolute atomic E-state index is 5.68. The van der Waals surface area contributed by atoms with Gasteiger partial charge in [0.2, 0.25) is 0 Å². The predicted molar refractivity (Wildman–Crippen MR) is 88.1 cm³/mol. The molecule has 0 unspecified atom stereocenters. The van der Waals surface area contributed by atoms with Crippen molar-refractivity contribution in [1.82, 2.24) is 5.32 Å². The molecule has 3 nitrogen and oxygen atoms in total. The Bertz CT molecular complexity index is 478. The predicted octanol–water partition coefficient (Wildman–Crippen LogP) is 4.03. The number of hydrogen-bond donors (Lipinski definition) is 1. The van der Waals surface area contributed by atoms with Gasteiger partial charge in [-0.15, -0.1) is 0 Å². The molecule has 0 amide bonds. The van der Waals surface area contributed by atoms with Crippen LogP contribution in [0.1, 0.15) is 45.6 Å². The van der Waals surface area contributed by atoms with E-state index < -0.39 is 0 Å². The Labute approximate surface area is 128 Å². The largest absolute Gasteiger partial charge is 0.490 e. The summed E-state index contributed by atoms with van der Waals surface area (Å²) in [5.74, 6) is 1.66. The van der Waals surface area contributed by atoms with E-state index in [2.05, 4.69) is 30.4 Å². The first kappa shape index (κ1) is 15.9. The molecule has 2 rings (SSSR count). The van der Waals surface area contributed by atoms with E-state index in [9.17, 15) is 0 Å². The molecule has 0 atom stereocenters. The molecule has 1 N–H and O–H groups in total. The fraction of sp³-hybridized carbons (Fsp3) is 0.556. The highest BCUT2D eigenvalue weighted by molar-refractivity contribution is 5.66. The number of rotatable bonds is 9. The maximum atomic E-state index is 5.68. The molecule has 0 heterocycles. The van der Waals surface area contributed by atoms with Gasteiger partial charge in [-0.1, -0.05) is 12.1 Å². The summed E-state index contributed by atoms with van der Waals surface area (Å²) in [6.07, 6.45) is 6.05. The van der Waals surface area contributed by atoms with Gasteiger partial charge in [-0.3, -0.25) is 0 Å². The normalized spacial score (nSPS) is 15.1. The van der Waals surface area contributed by atoms with Crippen molar-refractivity contribution in [2.45, 2.75) is 46.1 Å². The molecule has 21 heavy (non-hydrogen) atoms. The standard InChI is InChI=1S/C18H27NO2/c1-4-20-17-11-8-15(13-18(17)21-5-2)14(3)7-6-12-19-16-9-10-16/h7-8,11,13,16,19H,4-6,9-10,12H2,1-3H3. The van der Waals surface area contributed by atoms with Gasteiger partial charge in [0.25, 0.3) is 0 Å². The summed E-state index contributed by atoms with van der Waals surface area (Å²) in [7, 11) is 0. The Balaban J connectivity index is 1.99. The van der Waals surface area contributed by atoms with E-state index in [1.54, 1.807) is 0 Å². The van der Waals surface area contributed by atoms with Crippen molar-refractivity contribution in [2.24, 2.45) is 0 Å². The van der Waals surface area contributed by atoms with Crippen LogP contribution in [0.4, 0.5) is 0 Å². The monoisotopic (exact) mass is 289 g/mol. The topological polar surface area (TPSA) is 30.5 Å². The molecule has 1 aliphatic carbocycles. The minimum atomic E-state index is 0.650. The zero-order chi connectivity index (χ0) is 15.1. The molecule has 1 fully saturated rings. The van der Waals surface area contributed by atoms with Crippen molar-refractivity contribution in [2.75, 3.05) is 19.8 Å². The van der Waals surface area contributed by atoms with E-state index in [-0.39, 0.29) is 0 Å². The van der Waals surface area contributed by atoms with Crippen LogP contribution < -0.4 is 14.8 Å². The summed E-state index contributed by atoms with van der Waals surface area (Å²) in [6.45, 7) is 8.51. The number of nitrogens with one attached hydrogen (secondary N) is 1. The lowest BCUT2D eigenvalue weighted by atomic mass is 10.1. The molecular weight excluding hydrogens is 262 g/mol.